The quantitative estimate of drug-likeness (QED) is 0.775. The number of aryl methyl sites for hydroxylation is 1. The van der Waals surface area contributed by atoms with Crippen LogP contribution in [0.3, 0.4) is 0 Å². The van der Waals surface area contributed by atoms with Crippen molar-refractivity contribution in [2.45, 2.75) is 6.54 Å². The molecule has 0 saturated carbocycles. The molecule has 0 fully saturated rings. The SMILES string of the molecule is Cn1cc(CNc2ccc(F)nc2)cn1. The second-order valence-electron chi connectivity index (χ2n) is 3.25. The van der Waals surface area contributed by atoms with Crippen LogP contribution in [0, 0.1) is 5.95 Å². The van der Waals surface area contributed by atoms with Crippen LogP contribution in [0.4, 0.5) is 10.1 Å². The van der Waals surface area contributed by atoms with Gasteiger partial charge in [-0.3, -0.25) is 4.68 Å². The van der Waals surface area contributed by atoms with E-state index in [1.54, 1.807) is 16.9 Å². The van der Waals surface area contributed by atoms with Gasteiger partial charge in [-0.05, 0) is 12.1 Å². The molecular formula is C10H11FN4. The Labute approximate surface area is 86.8 Å². The van der Waals surface area contributed by atoms with Gasteiger partial charge in [0.05, 0.1) is 18.1 Å². The monoisotopic (exact) mass is 206 g/mol. The number of anilines is 1. The molecule has 0 amide bonds. The molecule has 5 heteroatoms. The summed E-state index contributed by atoms with van der Waals surface area (Å²) in [4.78, 5) is 3.55. The number of nitrogens with zero attached hydrogens (tertiary/aromatic N) is 3. The summed E-state index contributed by atoms with van der Waals surface area (Å²) in [5.74, 6) is -0.470. The summed E-state index contributed by atoms with van der Waals surface area (Å²) in [5, 5.41) is 7.16. The number of pyridine rings is 1. The Bertz CT molecular complexity index is 435. The molecule has 2 rings (SSSR count). The predicted octanol–water partition coefficient (Wildman–Crippen LogP) is 1.57. The Morgan fingerprint density at radius 1 is 1.40 bits per heavy atom. The van der Waals surface area contributed by atoms with E-state index in [-0.39, 0.29) is 0 Å². The fourth-order valence-corrected chi connectivity index (χ4v) is 1.25. The van der Waals surface area contributed by atoms with Gasteiger partial charge in [0, 0.05) is 25.4 Å². The van der Waals surface area contributed by atoms with Crippen LogP contribution < -0.4 is 5.32 Å². The van der Waals surface area contributed by atoms with E-state index in [1.807, 2.05) is 13.2 Å². The maximum Gasteiger partial charge on any atom is 0.212 e. The van der Waals surface area contributed by atoms with Crippen LogP contribution in [-0.2, 0) is 13.6 Å². The van der Waals surface area contributed by atoms with Crippen LogP contribution in [0.1, 0.15) is 5.56 Å². The molecule has 2 aromatic rings. The lowest BCUT2D eigenvalue weighted by Gasteiger charge is -2.02. The van der Waals surface area contributed by atoms with Gasteiger partial charge in [-0.25, -0.2) is 4.98 Å². The van der Waals surface area contributed by atoms with Crippen molar-refractivity contribution in [2.24, 2.45) is 7.05 Å². The smallest absolute Gasteiger partial charge is 0.212 e. The highest BCUT2D eigenvalue weighted by molar-refractivity contribution is 5.40. The van der Waals surface area contributed by atoms with Crippen molar-refractivity contribution in [2.75, 3.05) is 5.32 Å². The van der Waals surface area contributed by atoms with Crippen molar-refractivity contribution in [3.63, 3.8) is 0 Å². The molecule has 0 unspecified atom stereocenters. The zero-order chi connectivity index (χ0) is 10.7. The molecule has 0 aliphatic rings. The molecule has 0 bridgehead atoms. The van der Waals surface area contributed by atoms with Gasteiger partial charge in [-0.15, -0.1) is 0 Å². The van der Waals surface area contributed by atoms with Crippen molar-refractivity contribution in [1.82, 2.24) is 14.8 Å². The van der Waals surface area contributed by atoms with Gasteiger partial charge >= 0.3 is 0 Å². The van der Waals surface area contributed by atoms with Crippen LogP contribution >= 0.6 is 0 Å². The first-order valence-corrected chi connectivity index (χ1v) is 4.57. The minimum atomic E-state index is -0.470. The molecule has 1 N–H and O–H groups in total. The Morgan fingerprint density at radius 2 is 2.27 bits per heavy atom. The van der Waals surface area contributed by atoms with E-state index < -0.39 is 5.95 Å². The van der Waals surface area contributed by atoms with Gasteiger partial charge in [-0.2, -0.15) is 9.49 Å². The largest absolute Gasteiger partial charge is 0.380 e. The number of nitrogens with one attached hydrogen (secondary N) is 1. The second kappa shape index (κ2) is 4.08. The molecule has 0 atom stereocenters. The molecular weight excluding hydrogens is 195 g/mol. The van der Waals surface area contributed by atoms with Crippen molar-refractivity contribution < 1.29 is 4.39 Å². The average molecular weight is 206 g/mol. The first kappa shape index (κ1) is 9.64. The molecule has 2 heterocycles. The van der Waals surface area contributed by atoms with Crippen molar-refractivity contribution in [1.29, 1.82) is 0 Å². The summed E-state index contributed by atoms with van der Waals surface area (Å²) >= 11 is 0. The number of aromatic nitrogens is 3. The summed E-state index contributed by atoms with van der Waals surface area (Å²) in [5.41, 5.74) is 1.86. The lowest BCUT2D eigenvalue weighted by atomic mass is 10.3. The molecule has 15 heavy (non-hydrogen) atoms. The third kappa shape index (κ3) is 2.52. The summed E-state index contributed by atoms with van der Waals surface area (Å²) in [6, 6.07) is 2.98. The maximum atomic E-state index is 12.5. The molecule has 0 saturated heterocycles. The zero-order valence-corrected chi connectivity index (χ0v) is 8.31. The number of halogens is 1. The first-order valence-electron chi connectivity index (χ1n) is 4.57. The highest BCUT2D eigenvalue weighted by Crippen LogP contribution is 2.07. The van der Waals surface area contributed by atoms with E-state index in [2.05, 4.69) is 15.4 Å². The first-order chi connectivity index (χ1) is 7.24. The maximum absolute atomic E-state index is 12.5. The van der Waals surface area contributed by atoms with E-state index >= 15 is 0 Å². The zero-order valence-electron chi connectivity index (χ0n) is 8.31. The van der Waals surface area contributed by atoms with Crippen LogP contribution in [0.5, 0.6) is 0 Å². The molecule has 4 nitrogen and oxygen atoms in total. The third-order valence-electron chi connectivity index (χ3n) is 1.98. The van der Waals surface area contributed by atoms with Crippen LogP contribution in [0.15, 0.2) is 30.7 Å². The van der Waals surface area contributed by atoms with Gasteiger partial charge in [0.1, 0.15) is 0 Å². The fourth-order valence-electron chi connectivity index (χ4n) is 1.25. The van der Waals surface area contributed by atoms with E-state index in [0.29, 0.717) is 6.54 Å². The Kier molecular flexibility index (Phi) is 2.62. The van der Waals surface area contributed by atoms with Crippen molar-refractivity contribution >= 4 is 5.69 Å². The standard InChI is InChI=1S/C10H11FN4/c1-15-7-8(5-14-15)4-12-9-2-3-10(11)13-6-9/h2-3,5-7,12H,4H2,1H3. The number of hydrogen-bond donors (Lipinski definition) is 1. The predicted molar refractivity (Wildman–Crippen MR) is 54.7 cm³/mol. The molecule has 0 spiro atoms. The van der Waals surface area contributed by atoms with Gasteiger partial charge in [0.25, 0.3) is 0 Å². The molecule has 78 valence electrons. The molecule has 0 aromatic carbocycles. The van der Waals surface area contributed by atoms with Gasteiger partial charge in [0.15, 0.2) is 0 Å². The molecule has 2 aromatic heterocycles. The van der Waals surface area contributed by atoms with Crippen molar-refractivity contribution in [3.05, 3.63) is 42.2 Å². The van der Waals surface area contributed by atoms with Gasteiger partial charge in [0.2, 0.25) is 5.95 Å². The highest BCUT2D eigenvalue weighted by atomic mass is 19.1. The minimum absolute atomic E-state index is 0.470. The van der Waals surface area contributed by atoms with Gasteiger partial charge in [-0.1, -0.05) is 0 Å². The molecule has 0 aliphatic heterocycles. The minimum Gasteiger partial charge on any atom is -0.380 e. The normalized spacial score (nSPS) is 10.3. The van der Waals surface area contributed by atoms with Gasteiger partial charge < -0.3 is 5.32 Å². The lowest BCUT2D eigenvalue weighted by Crippen LogP contribution is -1.99. The summed E-state index contributed by atoms with van der Waals surface area (Å²) in [7, 11) is 1.86. The summed E-state index contributed by atoms with van der Waals surface area (Å²) in [6.45, 7) is 0.654. The van der Waals surface area contributed by atoms with Crippen LogP contribution in [0.2, 0.25) is 0 Å². The summed E-state index contributed by atoms with van der Waals surface area (Å²) in [6.07, 6.45) is 5.17. The summed E-state index contributed by atoms with van der Waals surface area (Å²) < 4.78 is 14.2. The van der Waals surface area contributed by atoms with E-state index in [4.69, 9.17) is 0 Å². The van der Waals surface area contributed by atoms with E-state index in [0.717, 1.165) is 11.3 Å². The number of hydrogen-bond acceptors (Lipinski definition) is 3. The molecule has 0 aliphatic carbocycles. The Morgan fingerprint density at radius 3 is 2.87 bits per heavy atom. The lowest BCUT2D eigenvalue weighted by molar-refractivity contribution is 0.584. The number of rotatable bonds is 3. The highest BCUT2D eigenvalue weighted by Gasteiger charge is 1.97. The molecule has 0 radical (unpaired) electrons. The average Bonchev–Trinajstić information content (AvgIpc) is 2.64. The van der Waals surface area contributed by atoms with E-state index in [1.165, 1.54) is 12.3 Å². The van der Waals surface area contributed by atoms with E-state index in [9.17, 15) is 4.39 Å². The Hall–Kier alpha value is -1.91. The topological polar surface area (TPSA) is 42.7 Å². The van der Waals surface area contributed by atoms with Crippen LogP contribution in [-0.4, -0.2) is 14.8 Å². The fraction of sp³-hybridized carbons (Fsp3) is 0.200. The third-order valence-corrected chi connectivity index (χ3v) is 1.98. The van der Waals surface area contributed by atoms with Crippen molar-refractivity contribution in [3.8, 4) is 0 Å². The second-order valence-corrected chi connectivity index (χ2v) is 3.25. The van der Waals surface area contributed by atoms with Crippen LogP contribution in [0.25, 0.3) is 0 Å². The Balaban J connectivity index is 1.96.